The zero-order valence-electron chi connectivity index (χ0n) is 15.4. The number of nitrogens with zero attached hydrogens (tertiary/aromatic N) is 2. The molecule has 9 heteroatoms. The summed E-state index contributed by atoms with van der Waals surface area (Å²) in [6.45, 7) is 0.271. The molecule has 0 atom stereocenters. The number of ether oxygens (including phenoxy) is 1. The molecule has 0 aromatic heterocycles. The molecule has 0 aliphatic carbocycles. The molecule has 30 heavy (non-hydrogen) atoms. The van der Waals surface area contributed by atoms with E-state index in [0.717, 1.165) is 5.56 Å². The fourth-order valence-electron chi connectivity index (χ4n) is 2.45. The highest BCUT2D eigenvalue weighted by molar-refractivity contribution is 6.35. The van der Waals surface area contributed by atoms with Gasteiger partial charge in [-0.3, -0.25) is 14.9 Å². The Hall–Kier alpha value is -3.42. The van der Waals surface area contributed by atoms with Crippen molar-refractivity contribution < 1.29 is 14.5 Å². The summed E-state index contributed by atoms with van der Waals surface area (Å²) in [6, 6.07) is 17.5. The van der Waals surface area contributed by atoms with Crippen molar-refractivity contribution in [3.05, 3.63) is 104 Å². The van der Waals surface area contributed by atoms with Crippen LogP contribution in [0.2, 0.25) is 10.0 Å². The van der Waals surface area contributed by atoms with Crippen LogP contribution in [0, 0.1) is 10.1 Å². The minimum atomic E-state index is -0.532. The smallest absolute Gasteiger partial charge is 0.271 e. The fourth-order valence-corrected chi connectivity index (χ4v) is 2.91. The van der Waals surface area contributed by atoms with Crippen molar-refractivity contribution in [3.63, 3.8) is 0 Å². The van der Waals surface area contributed by atoms with Gasteiger partial charge in [-0.05, 0) is 42.0 Å². The van der Waals surface area contributed by atoms with Crippen molar-refractivity contribution in [1.29, 1.82) is 0 Å². The molecule has 3 rings (SSSR count). The van der Waals surface area contributed by atoms with Crippen molar-refractivity contribution in [1.82, 2.24) is 5.43 Å². The third-order valence-corrected chi connectivity index (χ3v) is 4.57. The Morgan fingerprint density at radius 1 is 1.10 bits per heavy atom. The summed E-state index contributed by atoms with van der Waals surface area (Å²) in [4.78, 5) is 22.2. The Bertz CT molecular complexity index is 1100. The lowest BCUT2D eigenvalue weighted by atomic mass is 10.2. The Balaban J connectivity index is 1.58. The highest BCUT2D eigenvalue weighted by atomic mass is 35.5. The highest BCUT2D eigenvalue weighted by Gasteiger charge is 2.08. The predicted octanol–water partition coefficient (Wildman–Crippen LogP) is 5.24. The molecule has 3 aromatic rings. The molecular formula is C21H15Cl2N3O4. The third-order valence-electron chi connectivity index (χ3n) is 3.99. The average molecular weight is 444 g/mol. The maximum Gasteiger partial charge on any atom is 0.271 e. The summed E-state index contributed by atoms with van der Waals surface area (Å²) < 4.78 is 5.75. The first-order valence-corrected chi connectivity index (χ1v) is 9.42. The van der Waals surface area contributed by atoms with Crippen molar-refractivity contribution in [2.45, 2.75) is 6.61 Å². The normalized spacial score (nSPS) is 10.7. The van der Waals surface area contributed by atoms with Crippen LogP contribution in [0.5, 0.6) is 5.75 Å². The van der Waals surface area contributed by atoms with Crippen LogP contribution in [0.25, 0.3) is 0 Å². The van der Waals surface area contributed by atoms with E-state index in [4.69, 9.17) is 27.9 Å². The lowest BCUT2D eigenvalue weighted by Gasteiger charge is -2.08. The van der Waals surface area contributed by atoms with E-state index in [2.05, 4.69) is 10.5 Å². The van der Waals surface area contributed by atoms with Gasteiger partial charge in [0.2, 0.25) is 0 Å². The zero-order chi connectivity index (χ0) is 21.5. The van der Waals surface area contributed by atoms with Crippen LogP contribution in [0.3, 0.4) is 0 Å². The molecule has 0 radical (unpaired) electrons. The number of amides is 1. The van der Waals surface area contributed by atoms with E-state index >= 15 is 0 Å². The molecule has 0 saturated carbocycles. The summed E-state index contributed by atoms with van der Waals surface area (Å²) in [5, 5.41) is 15.6. The van der Waals surface area contributed by atoms with E-state index in [1.54, 1.807) is 42.5 Å². The van der Waals surface area contributed by atoms with Crippen molar-refractivity contribution in [2.75, 3.05) is 0 Å². The quantitative estimate of drug-likeness (QED) is 0.306. The molecule has 0 spiro atoms. The van der Waals surface area contributed by atoms with Crippen molar-refractivity contribution in [3.8, 4) is 5.75 Å². The molecule has 0 heterocycles. The maximum atomic E-state index is 12.1. The molecule has 0 aliphatic heterocycles. The fraction of sp³-hybridized carbons (Fsp3) is 0.0476. The van der Waals surface area contributed by atoms with Gasteiger partial charge in [-0.1, -0.05) is 41.4 Å². The van der Waals surface area contributed by atoms with Gasteiger partial charge in [0, 0.05) is 33.3 Å². The van der Waals surface area contributed by atoms with E-state index in [9.17, 15) is 14.9 Å². The van der Waals surface area contributed by atoms with E-state index < -0.39 is 10.8 Å². The third kappa shape index (κ3) is 5.79. The number of hydrazone groups is 1. The molecule has 0 unspecified atom stereocenters. The zero-order valence-corrected chi connectivity index (χ0v) is 16.9. The Morgan fingerprint density at radius 2 is 1.87 bits per heavy atom. The van der Waals surface area contributed by atoms with Crippen LogP contribution in [0.15, 0.2) is 71.8 Å². The number of nitro benzene ring substituents is 1. The molecule has 0 bridgehead atoms. The predicted molar refractivity (Wildman–Crippen MR) is 115 cm³/mol. The number of nitrogens with one attached hydrogen (secondary N) is 1. The number of rotatable bonds is 7. The van der Waals surface area contributed by atoms with E-state index in [1.807, 2.05) is 0 Å². The Kier molecular flexibility index (Phi) is 7.00. The topological polar surface area (TPSA) is 93.8 Å². The average Bonchev–Trinajstić information content (AvgIpc) is 2.73. The number of nitro groups is 1. The van der Waals surface area contributed by atoms with Crippen LogP contribution < -0.4 is 10.2 Å². The van der Waals surface area contributed by atoms with Crippen molar-refractivity contribution >= 4 is 41.0 Å². The van der Waals surface area contributed by atoms with Crippen LogP contribution in [-0.2, 0) is 6.61 Å². The monoisotopic (exact) mass is 443 g/mol. The van der Waals surface area contributed by atoms with Crippen molar-refractivity contribution in [2.24, 2.45) is 5.10 Å². The van der Waals surface area contributed by atoms with Crippen LogP contribution in [-0.4, -0.2) is 17.0 Å². The lowest BCUT2D eigenvalue weighted by Crippen LogP contribution is -2.17. The maximum absolute atomic E-state index is 12.1. The van der Waals surface area contributed by atoms with Gasteiger partial charge in [0.1, 0.15) is 12.4 Å². The summed E-state index contributed by atoms with van der Waals surface area (Å²) in [7, 11) is 0. The van der Waals surface area contributed by atoms with Gasteiger partial charge in [-0.25, -0.2) is 5.43 Å². The molecule has 1 N–H and O–H groups in total. The largest absolute Gasteiger partial charge is 0.489 e. The number of halogens is 2. The second kappa shape index (κ2) is 9.87. The first-order chi connectivity index (χ1) is 14.4. The molecule has 0 aliphatic rings. The van der Waals surface area contributed by atoms with E-state index in [1.165, 1.54) is 30.5 Å². The number of carbonyl (C=O) groups excluding carboxylic acids is 1. The number of hydrogen-bond acceptors (Lipinski definition) is 5. The number of benzene rings is 3. The minimum absolute atomic E-state index is 0.0910. The van der Waals surface area contributed by atoms with Gasteiger partial charge < -0.3 is 4.74 Å². The van der Waals surface area contributed by atoms with Crippen LogP contribution >= 0.6 is 23.2 Å². The van der Waals surface area contributed by atoms with Crippen LogP contribution in [0.1, 0.15) is 21.5 Å². The van der Waals surface area contributed by atoms with Crippen LogP contribution in [0.4, 0.5) is 5.69 Å². The molecule has 152 valence electrons. The number of hydrogen-bond donors (Lipinski definition) is 1. The lowest BCUT2D eigenvalue weighted by molar-refractivity contribution is -0.384. The summed E-state index contributed by atoms with van der Waals surface area (Å²) in [5.41, 5.74) is 4.05. The van der Waals surface area contributed by atoms with Gasteiger partial charge in [0.25, 0.3) is 11.6 Å². The Labute approximate surface area is 182 Å². The summed E-state index contributed by atoms with van der Waals surface area (Å²) in [6.07, 6.45) is 1.46. The van der Waals surface area contributed by atoms with E-state index in [0.29, 0.717) is 21.4 Å². The van der Waals surface area contributed by atoms with Gasteiger partial charge in [-0.15, -0.1) is 0 Å². The molecule has 0 saturated heterocycles. The van der Waals surface area contributed by atoms with E-state index in [-0.39, 0.29) is 17.9 Å². The highest BCUT2D eigenvalue weighted by Crippen LogP contribution is 2.23. The SMILES string of the molecule is O=C(N/N=C/c1cccc(OCc2ccc(Cl)cc2Cl)c1)c1ccc([N+](=O)[O-])cc1. The van der Waals surface area contributed by atoms with Gasteiger partial charge in [0.05, 0.1) is 11.1 Å². The molecule has 7 nitrogen and oxygen atoms in total. The second-order valence-corrected chi connectivity index (χ2v) is 6.94. The summed E-state index contributed by atoms with van der Waals surface area (Å²) >= 11 is 12.0. The number of non-ortho nitro benzene ring substituents is 1. The second-order valence-electron chi connectivity index (χ2n) is 6.10. The molecular weight excluding hydrogens is 429 g/mol. The Morgan fingerprint density at radius 3 is 2.57 bits per heavy atom. The first kappa shape index (κ1) is 21.3. The first-order valence-electron chi connectivity index (χ1n) is 8.67. The van der Waals surface area contributed by atoms with Gasteiger partial charge >= 0.3 is 0 Å². The molecule has 3 aromatic carbocycles. The van der Waals surface area contributed by atoms with Gasteiger partial charge in [-0.2, -0.15) is 5.10 Å². The van der Waals surface area contributed by atoms with Gasteiger partial charge in [0.15, 0.2) is 0 Å². The number of carbonyl (C=O) groups is 1. The summed E-state index contributed by atoms with van der Waals surface area (Å²) in [5.74, 6) is 0.123. The standard InChI is InChI=1S/C21H15Cl2N3O4/c22-17-7-4-16(20(23)11-17)13-30-19-3-1-2-14(10-19)12-24-25-21(27)15-5-8-18(9-6-15)26(28)29/h1-12H,13H2,(H,25,27)/b24-12+. The molecule has 1 amide bonds. The molecule has 0 fully saturated rings. The minimum Gasteiger partial charge on any atom is -0.489 e.